The second kappa shape index (κ2) is 7.29. The fourth-order valence-electron chi connectivity index (χ4n) is 4.49. The number of carbonyl (C=O) groups excluding carboxylic acids is 3. The van der Waals surface area contributed by atoms with Crippen molar-refractivity contribution in [2.75, 3.05) is 13.1 Å². The predicted octanol–water partition coefficient (Wildman–Crippen LogP) is -0.445. The molecule has 10 nitrogen and oxygen atoms in total. The number of rotatable bonds is 5. The van der Waals surface area contributed by atoms with Crippen molar-refractivity contribution >= 4 is 17.7 Å². The molecule has 0 aliphatic carbocycles. The molecule has 3 aliphatic heterocycles. The first-order valence-corrected chi connectivity index (χ1v) is 10.1. The van der Waals surface area contributed by atoms with Crippen LogP contribution in [0, 0.1) is 0 Å². The van der Waals surface area contributed by atoms with E-state index >= 15 is 0 Å². The number of imide groups is 1. The molecule has 0 radical (unpaired) electrons. The van der Waals surface area contributed by atoms with E-state index in [2.05, 4.69) is 20.5 Å². The molecule has 156 valence electrons. The first kappa shape index (κ1) is 18.9. The Bertz CT molecular complexity index is 1030. The Balaban J connectivity index is 1.27. The third-order valence-electron chi connectivity index (χ3n) is 6.11. The normalized spacial score (nSPS) is 22.2. The number of amides is 3. The Morgan fingerprint density at radius 1 is 1.20 bits per heavy atom. The first-order chi connectivity index (χ1) is 14.5. The van der Waals surface area contributed by atoms with Crippen molar-refractivity contribution in [3.05, 3.63) is 46.8 Å². The van der Waals surface area contributed by atoms with E-state index in [0.717, 1.165) is 29.9 Å². The van der Waals surface area contributed by atoms with Gasteiger partial charge in [-0.15, -0.1) is 5.10 Å². The van der Waals surface area contributed by atoms with E-state index in [0.29, 0.717) is 31.6 Å². The number of fused-ring (bicyclic) bond motifs is 1. The highest BCUT2D eigenvalue weighted by Crippen LogP contribution is 2.32. The fourth-order valence-corrected chi connectivity index (χ4v) is 4.49. The van der Waals surface area contributed by atoms with Gasteiger partial charge in [-0.1, -0.05) is 23.4 Å². The lowest BCUT2D eigenvalue weighted by Crippen LogP contribution is -2.52. The van der Waals surface area contributed by atoms with Crippen LogP contribution in [0.15, 0.2) is 24.4 Å². The van der Waals surface area contributed by atoms with Crippen LogP contribution in [0.25, 0.3) is 0 Å². The van der Waals surface area contributed by atoms with Gasteiger partial charge in [-0.3, -0.25) is 24.6 Å². The van der Waals surface area contributed by atoms with Crippen molar-refractivity contribution in [3.63, 3.8) is 0 Å². The van der Waals surface area contributed by atoms with Gasteiger partial charge in [-0.25, -0.2) is 4.68 Å². The number of nitrogens with one attached hydrogen (secondary N) is 1. The number of hydrogen-bond acceptors (Lipinski definition) is 7. The molecule has 2 aromatic rings. The smallest absolute Gasteiger partial charge is 0.255 e. The zero-order valence-corrected chi connectivity index (χ0v) is 16.5. The highest BCUT2D eigenvalue weighted by molar-refractivity contribution is 6.05. The summed E-state index contributed by atoms with van der Waals surface area (Å²) in [5, 5.41) is 10.5. The lowest BCUT2D eigenvalue weighted by Gasteiger charge is -2.39. The SMILES string of the molecule is NCc1cn(C2CN(Cc3cccc4c3C(=O)N(C3CCC(=O)NC3=O)C4)C2)nn1. The zero-order valence-electron chi connectivity index (χ0n) is 16.5. The van der Waals surface area contributed by atoms with E-state index < -0.39 is 6.04 Å². The molecule has 3 amide bonds. The molecule has 1 aromatic heterocycles. The van der Waals surface area contributed by atoms with Gasteiger partial charge >= 0.3 is 0 Å². The van der Waals surface area contributed by atoms with Crippen LogP contribution in [0.3, 0.4) is 0 Å². The minimum atomic E-state index is -0.590. The maximum Gasteiger partial charge on any atom is 0.255 e. The molecule has 10 heteroatoms. The molecule has 3 N–H and O–H groups in total. The van der Waals surface area contributed by atoms with E-state index in [4.69, 9.17) is 5.73 Å². The fraction of sp³-hybridized carbons (Fsp3) is 0.450. The number of carbonyl (C=O) groups is 3. The van der Waals surface area contributed by atoms with Crippen LogP contribution in [0.4, 0.5) is 0 Å². The molecule has 0 spiro atoms. The van der Waals surface area contributed by atoms with Crippen molar-refractivity contribution in [1.82, 2.24) is 30.1 Å². The second-order valence-electron chi connectivity index (χ2n) is 8.09. The molecule has 3 aliphatic rings. The van der Waals surface area contributed by atoms with Gasteiger partial charge in [0.25, 0.3) is 5.91 Å². The van der Waals surface area contributed by atoms with Crippen molar-refractivity contribution in [3.8, 4) is 0 Å². The zero-order chi connectivity index (χ0) is 20.8. The largest absolute Gasteiger partial charge is 0.325 e. The summed E-state index contributed by atoms with van der Waals surface area (Å²) in [7, 11) is 0. The highest BCUT2D eigenvalue weighted by atomic mass is 16.2. The van der Waals surface area contributed by atoms with E-state index in [9.17, 15) is 14.4 Å². The number of aromatic nitrogens is 3. The van der Waals surface area contributed by atoms with Crippen LogP contribution >= 0.6 is 0 Å². The lowest BCUT2D eigenvalue weighted by molar-refractivity contribution is -0.136. The summed E-state index contributed by atoms with van der Waals surface area (Å²) in [6.45, 7) is 3.08. The Labute approximate surface area is 173 Å². The standard InChI is InChI=1S/C20H23N7O3/c21-6-14-9-27(24-23-14)15-10-25(11-15)7-12-2-1-3-13-8-26(20(30)18(12)13)16-4-5-17(28)22-19(16)29/h1-3,9,15-16H,4-8,10-11,21H2,(H,22,28,29). The molecular weight excluding hydrogens is 386 g/mol. The summed E-state index contributed by atoms with van der Waals surface area (Å²) < 4.78 is 1.85. The highest BCUT2D eigenvalue weighted by Gasteiger charge is 2.40. The molecule has 0 saturated carbocycles. The molecule has 30 heavy (non-hydrogen) atoms. The average Bonchev–Trinajstić information content (AvgIpc) is 3.29. The van der Waals surface area contributed by atoms with E-state index in [1.54, 1.807) is 4.90 Å². The summed E-state index contributed by atoms with van der Waals surface area (Å²) in [5.41, 5.74) is 8.96. The minimum absolute atomic E-state index is 0.129. The summed E-state index contributed by atoms with van der Waals surface area (Å²) in [4.78, 5) is 40.7. The number of nitrogens with two attached hydrogens (primary N) is 1. The minimum Gasteiger partial charge on any atom is -0.325 e. The van der Waals surface area contributed by atoms with Gasteiger partial charge in [0.15, 0.2) is 0 Å². The average molecular weight is 409 g/mol. The molecule has 1 atom stereocenters. The van der Waals surface area contributed by atoms with Crippen molar-refractivity contribution < 1.29 is 14.4 Å². The molecule has 1 unspecified atom stereocenters. The van der Waals surface area contributed by atoms with Gasteiger partial charge in [0.2, 0.25) is 11.8 Å². The Morgan fingerprint density at radius 2 is 2.03 bits per heavy atom. The van der Waals surface area contributed by atoms with Gasteiger partial charge in [0, 0.05) is 44.7 Å². The quantitative estimate of drug-likeness (QED) is 0.641. The van der Waals surface area contributed by atoms with E-state index in [1.165, 1.54) is 0 Å². The van der Waals surface area contributed by atoms with Gasteiger partial charge in [0.05, 0.1) is 17.9 Å². The second-order valence-corrected chi connectivity index (χ2v) is 8.09. The summed E-state index contributed by atoms with van der Waals surface area (Å²) in [6.07, 6.45) is 2.51. The van der Waals surface area contributed by atoms with Crippen molar-refractivity contribution in [2.24, 2.45) is 5.73 Å². The predicted molar refractivity (Wildman–Crippen MR) is 105 cm³/mol. The molecule has 2 fully saturated rings. The third-order valence-corrected chi connectivity index (χ3v) is 6.11. The Morgan fingerprint density at radius 3 is 2.77 bits per heavy atom. The Kier molecular flexibility index (Phi) is 4.59. The van der Waals surface area contributed by atoms with E-state index in [1.807, 2.05) is 29.1 Å². The maximum atomic E-state index is 13.2. The van der Waals surface area contributed by atoms with Crippen LogP contribution < -0.4 is 11.1 Å². The van der Waals surface area contributed by atoms with Gasteiger partial charge < -0.3 is 10.6 Å². The van der Waals surface area contributed by atoms with Gasteiger partial charge in [-0.2, -0.15) is 0 Å². The van der Waals surface area contributed by atoms with Crippen molar-refractivity contribution in [1.29, 1.82) is 0 Å². The van der Waals surface area contributed by atoms with Crippen LogP contribution in [0.2, 0.25) is 0 Å². The number of nitrogens with zero attached hydrogens (tertiary/aromatic N) is 5. The van der Waals surface area contributed by atoms with Gasteiger partial charge in [0.1, 0.15) is 6.04 Å². The maximum absolute atomic E-state index is 13.2. The molecule has 2 saturated heterocycles. The van der Waals surface area contributed by atoms with Crippen molar-refractivity contribution in [2.45, 2.75) is 44.6 Å². The monoisotopic (exact) mass is 409 g/mol. The van der Waals surface area contributed by atoms with Crippen LogP contribution in [0.1, 0.15) is 46.1 Å². The van der Waals surface area contributed by atoms with E-state index in [-0.39, 0.29) is 30.2 Å². The third kappa shape index (κ3) is 3.17. The topological polar surface area (TPSA) is 126 Å². The number of piperidine rings is 1. The number of likely N-dealkylation sites (tertiary alicyclic amines) is 1. The molecule has 5 rings (SSSR count). The molecule has 4 heterocycles. The van der Waals surface area contributed by atoms with Crippen LogP contribution in [-0.2, 0) is 29.2 Å². The summed E-state index contributed by atoms with van der Waals surface area (Å²) in [5.74, 6) is -0.792. The number of benzene rings is 1. The molecular formula is C20H23N7O3. The summed E-state index contributed by atoms with van der Waals surface area (Å²) in [6, 6.07) is 5.53. The van der Waals surface area contributed by atoms with Gasteiger partial charge in [-0.05, 0) is 17.5 Å². The summed E-state index contributed by atoms with van der Waals surface area (Å²) >= 11 is 0. The molecule has 1 aromatic carbocycles. The first-order valence-electron chi connectivity index (χ1n) is 10.1. The Hall–Kier alpha value is -3.11. The van der Waals surface area contributed by atoms with Crippen LogP contribution in [0.5, 0.6) is 0 Å². The lowest BCUT2D eigenvalue weighted by atomic mass is 10.0. The molecule has 0 bridgehead atoms. The van der Waals surface area contributed by atoms with Crippen LogP contribution in [-0.4, -0.2) is 61.6 Å². The number of hydrogen-bond donors (Lipinski definition) is 2.